The van der Waals surface area contributed by atoms with Crippen LogP contribution in [0.1, 0.15) is 12.5 Å². The first kappa shape index (κ1) is 8.60. The Morgan fingerprint density at radius 3 is 3.00 bits per heavy atom. The van der Waals surface area contributed by atoms with Crippen molar-refractivity contribution in [1.29, 1.82) is 0 Å². The largest absolute Gasteiger partial charge is 0.288 e. The third-order valence-corrected chi connectivity index (χ3v) is 2.53. The van der Waals surface area contributed by atoms with E-state index in [4.69, 9.17) is 11.6 Å². The van der Waals surface area contributed by atoms with E-state index in [1.54, 1.807) is 0 Å². The molecular formula is C10H10ClNO. The second kappa shape index (κ2) is 3.05. The van der Waals surface area contributed by atoms with E-state index >= 15 is 0 Å². The third kappa shape index (κ3) is 1.32. The lowest BCUT2D eigenvalue weighted by molar-refractivity contribution is 0.237. The molecule has 1 aromatic carbocycles. The topological polar surface area (TPSA) is 23.5 Å². The van der Waals surface area contributed by atoms with Crippen LogP contribution in [0, 0.1) is 0 Å². The van der Waals surface area contributed by atoms with Crippen LogP contribution in [0.5, 0.6) is 0 Å². The smallest absolute Gasteiger partial charge is 0.0728 e. The molecule has 1 N–H and O–H groups in total. The Labute approximate surface area is 82.0 Å². The van der Waals surface area contributed by atoms with Crippen molar-refractivity contribution >= 4 is 23.4 Å². The number of rotatable bonds is 0. The van der Waals surface area contributed by atoms with Gasteiger partial charge in [0.1, 0.15) is 0 Å². The third-order valence-electron chi connectivity index (χ3n) is 2.20. The molecular weight excluding hydrogens is 186 g/mol. The first-order chi connectivity index (χ1) is 6.20. The van der Waals surface area contributed by atoms with Gasteiger partial charge in [-0.2, -0.15) is 0 Å². The summed E-state index contributed by atoms with van der Waals surface area (Å²) in [6.07, 6.45) is 3.85. The Kier molecular flexibility index (Phi) is 2.02. The molecule has 68 valence electrons. The molecule has 1 aromatic rings. The summed E-state index contributed by atoms with van der Waals surface area (Å²) >= 11 is 5.97. The monoisotopic (exact) mass is 195 g/mol. The van der Waals surface area contributed by atoms with Crippen LogP contribution in [0.2, 0.25) is 5.02 Å². The van der Waals surface area contributed by atoms with Gasteiger partial charge in [0.05, 0.1) is 11.7 Å². The van der Waals surface area contributed by atoms with Crippen LogP contribution >= 0.6 is 11.6 Å². The van der Waals surface area contributed by atoms with E-state index in [2.05, 4.69) is 0 Å². The van der Waals surface area contributed by atoms with Crippen LogP contribution in [0.4, 0.5) is 5.69 Å². The van der Waals surface area contributed by atoms with Gasteiger partial charge in [-0.1, -0.05) is 29.8 Å². The minimum Gasteiger partial charge on any atom is -0.288 e. The first-order valence-electron chi connectivity index (χ1n) is 4.15. The maximum atomic E-state index is 9.68. The molecule has 1 heterocycles. The molecule has 1 unspecified atom stereocenters. The van der Waals surface area contributed by atoms with Crippen molar-refractivity contribution in [2.75, 3.05) is 5.06 Å². The van der Waals surface area contributed by atoms with Gasteiger partial charge in [0.15, 0.2) is 0 Å². The number of hydrogen-bond donors (Lipinski definition) is 1. The lowest BCUT2D eigenvalue weighted by Gasteiger charge is -2.27. The lowest BCUT2D eigenvalue weighted by Crippen LogP contribution is -2.30. The van der Waals surface area contributed by atoms with Gasteiger partial charge in [-0.05, 0) is 19.1 Å². The van der Waals surface area contributed by atoms with Crippen molar-refractivity contribution in [3.05, 3.63) is 34.9 Å². The highest BCUT2D eigenvalue weighted by atomic mass is 35.5. The van der Waals surface area contributed by atoms with Gasteiger partial charge >= 0.3 is 0 Å². The van der Waals surface area contributed by atoms with Gasteiger partial charge in [-0.3, -0.25) is 5.21 Å². The molecule has 0 bridgehead atoms. The van der Waals surface area contributed by atoms with E-state index < -0.39 is 0 Å². The number of halogens is 1. The molecule has 1 aliphatic heterocycles. The van der Waals surface area contributed by atoms with Crippen molar-refractivity contribution < 1.29 is 5.21 Å². The number of fused-ring (bicyclic) bond motifs is 1. The Hall–Kier alpha value is -0.990. The highest BCUT2D eigenvalue weighted by molar-refractivity contribution is 6.32. The standard InChI is InChI=1S/C10H10ClNO/c1-7-5-6-8-9(11)3-2-4-10(8)12(7)13/h2-7,13H,1H3. The summed E-state index contributed by atoms with van der Waals surface area (Å²) in [4.78, 5) is 0. The molecule has 0 spiro atoms. The summed E-state index contributed by atoms with van der Waals surface area (Å²) in [6, 6.07) is 5.50. The van der Waals surface area contributed by atoms with Crippen molar-refractivity contribution in [2.24, 2.45) is 0 Å². The number of anilines is 1. The van der Waals surface area contributed by atoms with Gasteiger partial charge in [-0.25, -0.2) is 5.06 Å². The molecule has 0 radical (unpaired) electrons. The summed E-state index contributed by atoms with van der Waals surface area (Å²) in [5.74, 6) is 0. The summed E-state index contributed by atoms with van der Waals surface area (Å²) < 4.78 is 0. The molecule has 1 atom stereocenters. The second-order valence-electron chi connectivity index (χ2n) is 3.12. The zero-order valence-electron chi connectivity index (χ0n) is 7.24. The quantitative estimate of drug-likeness (QED) is 0.688. The Morgan fingerprint density at radius 1 is 1.46 bits per heavy atom. The van der Waals surface area contributed by atoms with Crippen molar-refractivity contribution in [1.82, 2.24) is 0 Å². The summed E-state index contributed by atoms with van der Waals surface area (Å²) in [6.45, 7) is 1.92. The predicted molar refractivity (Wildman–Crippen MR) is 54.2 cm³/mol. The van der Waals surface area contributed by atoms with Crippen LogP contribution in [-0.2, 0) is 0 Å². The summed E-state index contributed by atoms with van der Waals surface area (Å²) in [5.41, 5.74) is 1.65. The Morgan fingerprint density at radius 2 is 2.23 bits per heavy atom. The second-order valence-corrected chi connectivity index (χ2v) is 3.52. The summed E-state index contributed by atoms with van der Waals surface area (Å²) in [7, 11) is 0. The number of hydrogen-bond acceptors (Lipinski definition) is 2. The van der Waals surface area contributed by atoms with Crippen LogP contribution in [0.25, 0.3) is 6.08 Å². The van der Waals surface area contributed by atoms with Crippen LogP contribution in [-0.4, -0.2) is 11.2 Å². The van der Waals surface area contributed by atoms with Gasteiger partial charge in [0.2, 0.25) is 0 Å². The van der Waals surface area contributed by atoms with Crippen molar-refractivity contribution in [3.63, 3.8) is 0 Å². The number of hydroxylamine groups is 1. The van der Waals surface area contributed by atoms with Gasteiger partial charge in [-0.15, -0.1) is 0 Å². The molecule has 0 fully saturated rings. The van der Waals surface area contributed by atoms with E-state index in [9.17, 15) is 5.21 Å². The summed E-state index contributed by atoms with van der Waals surface area (Å²) in [5, 5.41) is 11.6. The van der Waals surface area contributed by atoms with Gasteiger partial charge < -0.3 is 0 Å². The fourth-order valence-corrected chi connectivity index (χ4v) is 1.66. The fraction of sp³-hybridized carbons (Fsp3) is 0.200. The van der Waals surface area contributed by atoms with Crippen LogP contribution in [0.3, 0.4) is 0 Å². The highest BCUT2D eigenvalue weighted by Crippen LogP contribution is 2.32. The van der Waals surface area contributed by atoms with Gasteiger partial charge in [0, 0.05) is 10.6 Å². The predicted octanol–water partition coefficient (Wildman–Crippen LogP) is 2.95. The minimum absolute atomic E-state index is 0.00552. The Balaban J connectivity index is 2.58. The maximum Gasteiger partial charge on any atom is 0.0728 e. The molecule has 1 aliphatic rings. The van der Waals surface area contributed by atoms with Crippen LogP contribution < -0.4 is 5.06 Å². The van der Waals surface area contributed by atoms with Crippen LogP contribution in [0.15, 0.2) is 24.3 Å². The molecule has 0 amide bonds. The lowest BCUT2D eigenvalue weighted by atomic mass is 10.1. The van der Waals surface area contributed by atoms with E-state index in [1.807, 2.05) is 37.3 Å². The van der Waals surface area contributed by atoms with E-state index in [0.29, 0.717) is 5.02 Å². The highest BCUT2D eigenvalue weighted by Gasteiger charge is 2.18. The minimum atomic E-state index is 0.00552. The fourth-order valence-electron chi connectivity index (χ4n) is 1.43. The molecule has 2 nitrogen and oxygen atoms in total. The maximum absolute atomic E-state index is 9.68. The van der Waals surface area contributed by atoms with Crippen molar-refractivity contribution in [2.45, 2.75) is 13.0 Å². The number of benzene rings is 1. The first-order valence-corrected chi connectivity index (χ1v) is 4.53. The molecule has 3 heteroatoms. The molecule has 0 saturated heterocycles. The number of nitrogens with zero attached hydrogens (tertiary/aromatic N) is 1. The molecule has 2 rings (SSSR count). The SMILES string of the molecule is CC1C=Cc2c(Cl)cccc2N1O. The zero-order chi connectivity index (χ0) is 9.42. The molecule has 13 heavy (non-hydrogen) atoms. The Bertz CT molecular complexity index is 362. The van der Waals surface area contributed by atoms with E-state index in [1.165, 1.54) is 5.06 Å². The van der Waals surface area contributed by atoms with E-state index in [-0.39, 0.29) is 6.04 Å². The molecule has 0 aliphatic carbocycles. The van der Waals surface area contributed by atoms with Crippen molar-refractivity contribution in [3.8, 4) is 0 Å². The zero-order valence-corrected chi connectivity index (χ0v) is 7.99. The molecule has 0 aromatic heterocycles. The van der Waals surface area contributed by atoms with E-state index in [0.717, 1.165) is 11.3 Å². The average molecular weight is 196 g/mol. The molecule has 0 saturated carbocycles. The normalized spacial score (nSPS) is 20.2. The van der Waals surface area contributed by atoms with Gasteiger partial charge in [0.25, 0.3) is 0 Å². The average Bonchev–Trinajstić information content (AvgIpc) is 2.12.